The Morgan fingerprint density at radius 3 is 2.50 bits per heavy atom. The fraction of sp³-hybridized carbons (Fsp3) is 0.417. The van der Waals surface area contributed by atoms with E-state index in [-0.39, 0.29) is 13.0 Å². The van der Waals surface area contributed by atoms with Gasteiger partial charge in [-0.15, -0.1) is 0 Å². The molecule has 0 N–H and O–H groups in total. The molecule has 0 saturated carbocycles. The number of hydrogen-bond acceptors (Lipinski definition) is 2. The van der Waals surface area contributed by atoms with Crippen LogP contribution in [-0.2, 0) is 6.54 Å². The molecule has 1 aromatic rings. The van der Waals surface area contributed by atoms with Gasteiger partial charge in [0.15, 0.2) is 0 Å². The second-order valence-electron chi connectivity index (χ2n) is 4.13. The summed E-state index contributed by atoms with van der Waals surface area (Å²) in [6, 6.07) is 9.08. The molecule has 1 aliphatic heterocycles. The average Bonchev–Trinajstić information content (AvgIpc) is 2.59. The molecule has 2 nitrogen and oxygen atoms in total. The van der Waals surface area contributed by atoms with Crippen molar-refractivity contribution in [3.05, 3.63) is 35.4 Å². The van der Waals surface area contributed by atoms with Crippen molar-refractivity contribution in [1.82, 2.24) is 4.90 Å². The lowest BCUT2D eigenvalue weighted by Crippen LogP contribution is -2.24. The van der Waals surface area contributed by atoms with Crippen LogP contribution in [-0.4, -0.2) is 23.9 Å². The highest BCUT2D eigenvalue weighted by atomic mass is 19.3. The fourth-order valence-corrected chi connectivity index (χ4v) is 1.88. The van der Waals surface area contributed by atoms with E-state index < -0.39 is 5.92 Å². The average molecular weight is 222 g/mol. The number of likely N-dealkylation sites (tertiary alicyclic amines) is 1. The molecule has 0 bridgehead atoms. The van der Waals surface area contributed by atoms with E-state index in [0.29, 0.717) is 18.7 Å². The summed E-state index contributed by atoms with van der Waals surface area (Å²) in [6.45, 7) is 0.807. The van der Waals surface area contributed by atoms with Crippen LogP contribution in [0.5, 0.6) is 0 Å². The summed E-state index contributed by atoms with van der Waals surface area (Å²) in [5.74, 6) is -2.54. The molecule has 0 spiro atoms. The van der Waals surface area contributed by atoms with Crippen molar-refractivity contribution >= 4 is 0 Å². The largest absolute Gasteiger partial charge is 0.293 e. The summed E-state index contributed by atoms with van der Waals surface area (Å²) in [6.07, 6.45) is -0.0523. The molecule has 16 heavy (non-hydrogen) atoms. The number of nitrogens with zero attached hydrogens (tertiary/aromatic N) is 2. The van der Waals surface area contributed by atoms with E-state index in [1.165, 1.54) is 0 Å². The lowest BCUT2D eigenvalue weighted by molar-refractivity contribution is 0.0115. The lowest BCUT2D eigenvalue weighted by Gasteiger charge is -2.15. The lowest BCUT2D eigenvalue weighted by atomic mass is 10.1. The molecule has 0 aromatic heterocycles. The van der Waals surface area contributed by atoms with Crippen LogP contribution in [0.1, 0.15) is 17.5 Å². The third kappa shape index (κ3) is 2.56. The zero-order chi connectivity index (χ0) is 11.6. The van der Waals surface area contributed by atoms with Gasteiger partial charge in [0, 0.05) is 19.5 Å². The number of alkyl halides is 2. The number of nitriles is 1. The van der Waals surface area contributed by atoms with E-state index in [2.05, 4.69) is 0 Å². The van der Waals surface area contributed by atoms with Crippen LogP contribution in [0.4, 0.5) is 8.78 Å². The van der Waals surface area contributed by atoms with E-state index in [0.717, 1.165) is 5.56 Å². The molecule has 0 aliphatic carbocycles. The highest BCUT2D eigenvalue weighted by Gasteiger charge is 2.37. The summed E-state index contributed by atoms with van der Waals surface area (Å²) < 4.78 is 25.9. The Bertz CT molecular complexity index is 406. The monoisotopic (exact) mass is 222 g/mol. The first kappa shape index (κ1) is 11.0. The van der Waals surface area contributed by atoms with Gasteiger partial charge >= 0.3 is 0 Å². The Labute approximate surface area is 93.1 Å². The Kier molecular flexibility index (Phi) is 2.88. The van der Waals surface area contributed by atoms with E-state index in [9.17, 15) is 8.78 Å². The van der Waals surface area contributed by atoms with Crippen LogP contribution < -0.4 is 0 Å². The van der Waals surface area contributed by atoms with Gasteiger partial charge in [0.05, 0.1) is 18.2 Å². The quantitative estimate of drug-likeness (QED) is 0.768. The molecule has 84 valence electrons. The van der Waals surface area contributed by atoms with Crippen molar-refractivity contribution in [1.29, 1.82) is 5.26 Å². The predicted molar refractivity (Wildman–Crippen MR) is 56.0 cm³/mol. The normalized spacial score (nSPS) is 19.6. The molecule has 0 amide bonds. The Morgan fingerprint density at radius 2 is 2.00 bits per heavy atom. The summed E-state index contributed by atoms with van der Waals surface area (Å²) in [5, 5.41) is 8.62. The Hall–Kier alpha value is -1.47. The second kappa shape index (κ2) is 4.18. The van der Waals surface area contributed by atoms with Crippen LogP contribution in [0.25, 0.3) is 0 Å². The number of benzene rings is 1. The summed E-state index contributed by atoms with van der Waals surface area (Å²) in [4.78, 5) is 1.74. The van der Waals surface area contributed by atoms with Crippen LogP contribution in [0, 0.1) is 11.3 Å². The Morgan fingerprint density at radius 1 is 1.31 bits per heavy atom. The van der Waals surface area contributed by atoms with Crippen molar-refractivity contribution in [3.63, 3.8) is 0 Å². The van der Waals surface area contributed by atoms with Crippen LogP contribution in [0.15, 0.2) is 24.3 Å². The van der Waals surface area contributed by atoms with Crippen LogP contribution in [0.2, 0.25) is 0 Å². The molecule has 1 saturated heterocycles. The molecule has 2 rings (SSSR count). The van der Waals surface area contributed by atoms with Crippen LogP contribution in [0.3, 0.4) is 0 Å². The zero-order valence-corrected chi connectivity index (χ0v) is 8.79. The standard InChI is InChI=1S/C12H12F2N2/c13-12(14)5-6-16(9-12)8-11-3-1-10(7-15)2-4-11/h1-4H,5-6,8-9H2. The third-order valence-electron chi connectivity index (χ3n) is 2.74. The van der Waals surface area contributed by atoms with Crippen LogP contribution >= 0.6 is 0 Å². The van der Waals surface area contributed by atoms with Gasteiger partial charge in [-0.2, -0.15) is 5.26 Å². The summed E-state index contributed by atoms with van der Waals surface area (Å²) >= 11 is 0. The third-order valence-corrected chi connectivity index (χ3v) is 2.74. The van der Waals surface area contributed by atoms with Gasteiger partial charge in [-0.05, 0) is 17.7 Å². The molecule has 1 fully saturated rings. The number of rotatable bonds is 2. The SMILES string of the molecule is N#Cc1ccc(CN2CCC(F)(F)C2)cc1. The van der Waals surface area contributed by atoms with E-state index in [1.54, 1.807) is 17.0 Å². The van der Waals surface area contributed by atoms with Gasteiger partial charge in [0.2, 0.25) is 0 Å². The molecule has 1 heterocycles. The first-order valence-corrected chi connectivity index (χ1v) is 5.18. The number of hydrogen-bond donors (Lipinski definition) is 0. The number of halogens is 2. The Balaban J connectivity index is 1.97. The van der Waals surface area contributed by atoms with Gasteiger partial charge in [-0.3, -0.25) is 4.90 Å². The van der Waals surface area contributed by atoms with Gasteiger partial charge in [-0.1, -0.05) is 12.1 Å². The molecular formula is C12H12F2N2. The van der Waals surface area contributed by atoms with Crippen molar-refractivity contribution < 1.29 is 8.78 Å². The van der Waals surface area contributed by atoms with E-state index in [1.807, 2.05) is 18.2 Å². The van der Waals surface area contributed by atoms with Gasteiger partial charge in [0.1, 0.15) is 0 Å². The van der Waals surface area contributed by atoms with Gasteiger partial charge in [0.25, 0.3) is 5.92 Å². The molecule has 4 heteroatoms. The zero-order valence-electron chi connectivity index (χ0n) is 8.79. The van der Waals surface area contributed by atoms with Crippen molar-refractivity contribution in [2.24, 2.45) is 0 Å². The van der Waals surface area contributed by atoms with E-state index in [4.69, 9.17) is 5.26 Å². The maximum absolute atomic E-state index is 12.9. The fourth-order valence-electron chi connectivity index (χ4n) is 1.88. The first-order valence-electron chi connectivity index (χ1n) is 5.18. The highest BCUT2D eigenvalue weighted by molar-refractivity contribution is 5.31. The topological polar surface area (TPSA) is 27.0 Å². The van der Waals surface area contributed by atoms with Crippen molar-refractivity contribution in [2.75, 3.05) is 13.1 Å². The smallest absolute Gasteiger partial charge is 0.261 e. The van der Waals surface area contributed by atoms with Crippen molar-refractivity contribution in [3.8, 4) is 6.07 Å². The molecule has 0 radical (unpaired) electrons. The minimum Gasteiger partial charge on any atom is -0.293 e. The summed E-state index contributed by atoms with van der Waals surface area (Å²) in [5.41, 5.74) is 1.56. The first-order chi connectivity index (χ1) is 7.59. The molecule has 1 aliphatic rings. The molecular weight excluding hydrogens is 210 g/mol. The molecule has 1 aromatic carbocycles. The molecule has 0 atom stereocenters. The van der Waals surface area contributed by atoms with Gasteiger partial charge in [-0.25, -0.2) is 8.78 Å². The van der Waals surface area contributed by atoms with Crippen molar-refractivity contribution in [2.45, 2.75) is 18.9 Å². The predicted octanol–water partition coefficient (Wildman–Crippen LogP) is 2.40. The maximum atomic E-state index is 12.9. The van der Waals surface area contributed by atoms with Gasteiger partial charge < -0.3 is 0 Å². The minimum absolute atomic E-state index is 0.0523. The maximum Gasteiger partial charge on any atom is 0.261 e. The summed E-state index contributed by atoms with van der Waals surface area (Å²) in [7, 11) is 0. The second-order valence-corrected chi connectivity index (χ2v) is 4.13. The van der Waals surface area contributed by atoms with E-state index >= 15 is 0 Å². The highest BCUT2D eigenvalue weighted by Crippen LogP contribution is 2.27. The minimum atomic E-state index is -2.54. The molecule has 0 unspecified atom stereocenters.